The van der Waals surface area contributed by atoms with Gasteiger partial charge < -0.3 is 5.32 Å². The quantitative estimate of drug-likeness (QED) is 0.143. The Morgan fingerprint density at radius 1 is 0.377 bits per heavy atom. The van der Waals surface area contributed by atoms with Crippen LogP contribution in [0.4, 0.5) is 0 Å². The van der Waals surface area contributed by atoms with E-state index in [1.54, 1.807) is 0 Å². The smallest absolute Gasteiger partial charge is 0.160 e. The molecule has 0 bridgehead atoms. The lowest BCUT2D eigenvalue weighted by Crippen LogP contribution is -2.20. The number of nitrogens with one attached hydrogen (secondary N) is 2. The summed E-state index contributed by atoms with van der Waals surface area (Å²) in [4.78, 5) is 10.1. The Kier molecular flexibility index (Phi) is 10.1. The third-order valence-corrected chi connectivity index (χ3v) is 11.1. The molecule has 1 aliphatic heterocycles. The van der Waals surface area contributed by atoms with Gasteiger partial charge in [0.1, 0.15) is 0 Å². The first-order chi connectivity index (χ1) is 30.2. The second kappa shape index (κ2) is 16.6. The highest BCUT2D eigenvalue weighted by molar-refractivity contribution is 6.36. The van der Waals surface area contributed by atoms with Crippen molar-refractivity contribution < 1.29 is 0 Å². The Morgan fingerprint density at radius 2 is 0.852 bits per heavy atom. The fourth-order valence-electron chi connectivity index (χ4n) is 8.08. The van der Waals surface area contributed by atoms with Gasteiger partial charge in [0.05, 0.1) is 22.8 Å². The number of allylic oxidation sites excluding steroid dienone is 1. The highest BCUT2D eigenvalue weighted by Gasteiger charge is 2.25. The van der Waals surface area contributed by atoms with Crippen LogP contribution in [0.25, 0.3) is 79.2 Å². The predicted molar refractivity (Wildman–Crippen MR) is 253 cm³/mol. The molecule has 0 amide bonds. The molecule has 0 saturated carbocycles. The molecule has 0 saturated heterocycles. The molecule has 1 aliphatic rings. The number of fused-ring (bicyclic) bond motifs is 1. The van der Waals surface area contributed by atoms with Crippen LogP contribution >= 0.6 is 0 Å². The average Bonchev–Trinajstić information content (AvgIpc) is 3.35. The summed E-state index contributed by atoms with van der Waals surface area (Å²) in [5.41, 5.74) is 17.5. The van der Waals surface area contributed by atoms with Crippen molar-refractivity contribution in [2.75, 3.05) is 0 Å². The Hall–Kier alpha value is -8.21. The van der Waals surface area contributed by atoms with E-state index in [0.29, 0.717) is 11.5 Å². The van der Waals surface area contributed by atoms with Crippen LogP contribution in [0.3, 0.4) is 0 Å². The van der Waals surface area contributed by atoms with E-state index in [2.05, 4.69) is 145 Å². The van der Waals surface area contributed by atoms with Crippen molar-refractivity contribution in [1.29, 1.82) is 5.41 Å². The van der Waals surface area contributed by atoms with Crippen molar-refractivity contribution in [2.24, 2.45) is 0 Å². The van der Waals surface area contributed by atoms with Gasteiger partial charge in [0, 0.05) is 39.1 Å². The van der Waals surface area contributed by atoms with Crippen molar-refractivity contribution in [3.05, 3.63) is 252 Å². The van der Waals surface area contributed by atoms with Gasteiger partial charge in [0.25, 0.3) is 0 Å². The summed E-state index contributed by atoms with van der Waals surface area (Å²) in [5.74, 6) is 0.685. The molecular formula is C57H40N4. The van der Waals surface area contributed by atoms with Crippen LogP contribution in [0, 0.1) is 5.41 Å². The Balaban J connectivity index is 1.07. The minimum Gasteiger partial charge on any atom is -0.354 e. The summed E-state index contributed by atoms with van der Waals surface area (Å²) in [6, 6.07) is 77.2. The molecule has 0 unspecified atom stereocenters. The van der Waals surface area contributed by atoms with Crippen LogP contribution in [-0.4, -0.2) is 15.7 Å². The Labute approximate surface area is 356 Å². The second-order valence-electron chi connectivity index (χ2n) is 15.0. The molecule has 0 radical (unpaired) electrons. The van der Waals surface area contributed by atoms with Crippen molar-refractivity contribution in [2.45, 2.75) is 0 Å². The summed E-state index contributed by atoms with van der Waals surface area (Å²) in [5, 5.41) is 13.5. The molecule has 2 N–H and O–H groups in total. The van der Waals surface area contributed by atoms with Gasteiger partial charge in [0.2, 0.25) is 0 Å². The van der Waals surface area contributed by atoms with E-state index in [9.17, 15) is 5.41 Å². The molecule has 288 valence electrons. The van der Waals surface area contributed by atoms with Crippen LogP contribution in [-0.2, 0) is 0 Å². The number of benzene rings is 8. The molecule has 0 spiro atoms. The van der Waals surface area contributed by atoms with Gasteiger partial charge in [-0.2, -0.15) is 0 Å². The molecule has 0 fully saturated rings. The van der Waals surface area contributed by atoms with E-state index in [1.165, 1.54) is 0 Å². The van der Waals surface area contributed by atoms with Gasteiger partial charge >= 0.3 is 0 Å². The highest BCUT2D eigenvalue weighted by Crippen LogP contribution is 2.41. The van der Waals surface area contributed by atoms with E-state index in [1.807, 2.05) is 91.0 Å². The van der Waals surface area contributed by atoms with E-state index in [0.717, 1.165) is 95.1 Å². The van der Waals surface area contributed by atoms with Crippen molar-refractivity contribution >= 4 is 28.8 Å². The number of hydrogen-bond acceptors (Lipinski definition) is 4. The predicted octanol–water partition coefficient (Wildman–Crippen LogP) is 13.8. The number of nitrogens with zero attached hydrogens (tertiary/aromatic N) is 2. The molecule has 9 aromatic rings. The topological polar surface area (TPSA) is 61.7 Å². The van der Waals surface area contributed by atoms with Gasteiger partial charge in [-0.1, -0.05) is 212 Å². The SMILES string of the molecule is N=C(/C(=C1\NC(c2ccccc2)=Cc2c1cccc2-c1cccc(-c2ccc(-c3nc(-c4ccccc4)cc(-c4ccccc4)n3)cc2)c1)c1ccccc1)c1ccccc1. The Bertz CT molecular complexity index is 3010. The Morgan fingerprint density at radius 3 is 1.46 bits per heavy atom. The summed E-state index contributed by atoms with van der Waals surface area (Å²) >= 11 is 0. The largest absolute Gasteiger partial charge is 0.354 e. The molecule has 0 atom stereocenters. The molecule has 10 rings (SSSR count). The molecule has 1 aromatic heterocycles. The molecule has 61 heavy (non-hydrogen) atoms. The third-order valence-electron chi connectivity index (χ3n) is 11.1. The normalized spacial score (nSPS) is 12.8. The maximum atomic E-state index is 9.66. The average molecular weight is 781 g/mol. The third kappa shape index (κ3) is 7.62. The first-order valence-corrected chi connectivity index (χ1v) is 20.5. The minimum atomic E-state index is 0.457. The number of hydrogen-bond donors (Lipinski definition) is 2. The first kappa shape index (κ1) is 37.1. The van der Waals surface area contributed by atoms with Crippen molar-refractivity contribution in [3.8, 4) is 56.2 Å². The van der Waals surface area contributed by atoms with Crippen LogP contribution in [0.1, 0.15) is 27.8 Å². The highest BCUT2D eigenvalue weighted by atomic mass is 14.9. The number of aromatic nitrogens is 2. The van der Waals surface area contributed by atoms with Gasteiger partial charge in [-0.05, 0) is 57.2 Å². The lowest BCUT2D eigenvalue weighted by Gasteiger charge is -2.27. The molecule has 2 heterocycles. The summed E-state index contributed by atoms with van der Waals surface area (Å²) in [7, 11) is 0. The zero-order chi connectivity index (χ0) is 41.0. The van der Waals surface area contributed by atoms with Gasteiger partial charge in [0.15, 0.2) is 5.82 Å². The molecule has 4 nitrogen and oxygen atoms in total. The van der Waals surface area contributed by atoms with Crippen molar-refractivity contribution in [3.63, 3.8) is 0 Å². The fraction of sp³-hybridized carbons (Fsp3) is 0. The van der Waals surface area contributed by atoms with Crippen LogP contribution in [0.2, 0.25) is 0 Å². The van der Waals surface area contributed by atoms with Gasteiger partial charge in [-0.3, -0.25) is 5.41 Å². The van der Waals surface area contributed by atoms with Gasteiger partial charge in [-0.15, -0.1) is 0 Å². The van der Waals surface area contributed by atoms with E-state index < -0.39 is 0 Å². The monoisotopic (exact) mass is 780 g/mol. The van der Waals surface area contributed by atoms with Crippen LogP contribution in [0.5, 0.6) is 0 Å². The van der Waals surface area contributed by atoms with E-state index >= 15 is 0 Å². The first-order valence-electron chi connectivity index (χ1n) is 20.5. The molecule has 4 heteroatoms. The summed E-state index contributed by atoms with van der Waals surface area (Å²) < 4.78 is 0. The maximum absolute atomic E-state index is 9.66. The lowest BCUT2D eigenvalue weighted by atomic mass is 9.85. The molecule has 0 aliphatic carbocycles. The minimum absolute atomic E-state index is 0.457. The standard InChI is InChI=1S/C57H40N4/c58-55(44-26-14-5-15-27-44)54(43-24-12-4-13-25-43)56-49-31-17-30-48(50(49)37-51(59-56)40-18-6-1-7-19-40)47-29-16-28-46(36-47)39-32-34-45(35-33-39)57-60-52(41-20-8-2-9-21-41)38-53(61-57)42-22-10-3-11-23-42/h1-38,58-59H/b56-54-,58-55?. The van der Waals surface area contributed by atoms with Gasteiger partial charge in [-0.25, -0.2) is 9.97 Å². The van der Waals surface area contributed by atoms with E-state index in [-0.39, 0.29) is 0 Å². The van der Waals surface area contributed by atoms with Crippen LogP contribution in [0.15, 0.2) is 224 Å². The molecule has 8 aromatic carbocycles. The lowest BCUT2D eigenvalue weighted by molar-refractivity contribution is 1.18. The fourth-order valence-corrected chi connectivity index (χ4v) is 8.08. The van der Waals surface area contributed by atoms with Crippen LogP contribution < -0.4 is 5.32 Å². The summed E-state index contributed by atoms with van der Waals surface area (Å²) in [6.45, 7) is 0. The second-order valence-corrected chi connectivity index (χ2v) is 15.0. The summed E-state index contributed by atoms with van der Waals surface area (Å²) in [6.07, 6.45) is 2.26. The van der Waals surface area contributed by atoms with E-state index in [4.69, 9.17) is 9.97 Å². The maximum Gasteiger partial charge on any atom is 0.160 e. The zero-order valence-electron chi connectivity index (χ0n) is 33.3. The van der Waals surface area contributed by atoms with Crippen molar-refractivity contribution in [1.82, 2.24) is 15.3 Å². The molecular weight excluding hydrogens is 741 g/mol. The zero-order valence-corrected chi connectivity index (χ0v) is 33.3. The number of rotatable bonds is 9.